The van der Waals surface area contributed by atoms with E-state index in [9.17, 15) is 23.7 Å². The van der Waals surface area contributed by atoms with E-state index in [1.807, 2.05) is 4.90 Å². The Kier molecular flexibility index (Phi) is 5.35. The van der Waals surface area contributed by atoms with Gasteiger partial charge >= 0.3 is 6.18 Å². The van der Waals surface area contributed by atoms with Crippen LogP contribution in [0.1, 0.15) is 69.4 Å². The van der Waals surface area contributed by atoms with Crippen molar-refractivity contribution in [2.45, 2.75) is 82.1 Å². The van der Waals surface area contributed by atoms with Crippen LogP contribution < -0.4 is 0 Å². The highest BCUT2D eigenvalue weighted by molar-refractivity contribution is 5.34. The van der Waals surface area contributed by atoms with Gasteiger partial charge in [-0.2, -0.15) is 23.7 Å². The van der Waals surface area contributed by atoms with Crippen molar-refractivity contribution in [1.29, 1.82) is 10.5 Å². The van der Waals surface area contributed by atoms with E-state index in [1.165, 1.54) is 12.1 Å². The Morgan fingerprint density at radius 3 is 2.00 bits per heavy atom. The lowest BCUT2D eigenvalue weighted by Crippen LogP contribution is -2.72. The van der Waals surface area contributed by atoms with Gasteiger partial charge in [0.2, 0.25) is 0 Å². The number of hydrogen-bond donors (Lipinski definition) is 0. The van der Waals surface area contributed by atoms with Crippen LogP contribution in [0.5, 0.6) is 0 Å². The van der Waals surface area contributed by atoms with E-state index in [0.717, 1.165) is 44.6 Å². The Morgan fingerprint density at radius 1 is 0.967 bits per heavy atom. The molecule has 0 N–H and O–H groups in total. The Morgan fingerprint density at radius 2 is 1.50 bits per heavy atom. The zero-order valence-corrected chi connectivity index (χ0v) is 17.4. The van der Waals surface area contributed by atoms with Crippen LogP contribution in [0.4, 0.5) is 13.2 Å². The number of benzene rings is 1. The highest BCUT2D eigenvalue weighted by Gasteiger charge is 2.64. The number of piperidine rings is 1. The molecule has 5 atom stereocenters. The van der Waals surface area contributed by atoms with E-state index < -0.39 is 22.8 Å². The van der Waals surface area contributed by atoms with Gasteiger partial charge in [0.25, 0.3) is 0 Å². The minimum Gasteiger partial charge on any atom is -0.262 e. The number of halogens is 3. The predicted octanol–water partition coefficient (Wildman–Crippen LogP) is 6.06. The van der Waals surface area contributed by atoms with Crippen LogP contribution in [-0.4, -0.2) is 16.0 Å². The number of nitrogens with zero attached hydrogens (tertiary/aromatic N) is 3. The molecule has 6 heteroatoms. The quantitative estimate of drug-likeness (QED) is 0.590. The van der Waals surface area contributed by atoms with E-state index in [2.05, 4.69) is 19.1 Å². The predicted molar refractivity (Wildman–Crippen MR) is 107 cm³/mol. The third-order valence-corrected chi connectivity index (χ3v) is 8.14. The average Bonchev–Trinajstić information content (AvgIpc) is 2.76. The van der Waals surface area contributed by atoms with Crippen molar-refractivity contribution in [3.63, 3.8) is 0 Å². The maximum absolute atomic E-state index is 13.7. The summed E-state index contributed by atoms with van der Waals surface area (Å²) in [5, 5.41) is 20.9. The molecule has 0 aromatic heterocycles. The zero-order chi connectivity index (χ0) is 21.6. The van der Waals surface area contributed by atoms with Crippen LogP contribution in [0, 0.1) is 40.4 Å². The third kappa shape index (κ3) is 3.04. The van der Waals surface area contributed by atoms with Crippen molar-refractivity contribution in [1.82, 2.24) is 4.90 Å². The van der Waals surface area contributed by atoms with E-state index in [0.29, 0.717) is 12.8 Å². The summed E-state index contributed by atoms with van der Waals surface area (Å²) in [6.07, 6.45) is 2.44. The Bertz CT molecular complexity index is 841. The molecular formula is C24H28F3N3. The molecule has 1 aliphatic heterocycles. The molecule has 160 valence electrons. The van der Waals surface area contributed by atoms with Gasteiger partial charge in [-0.05, 0) is 55.1 Å². The zero-order valence-electron chi connectivity index (χ0n) is 17.4. The number of rotatable bonds is 2. The molecule has 1 aromatic carbocycles. The summed E-state index contributed by atoms with van der Waals surface area (Å²) in [4.78, 5) is 1.94. The molecule has 2 saturated carbocycles. The second-order valence-corrected chi connectivity index (χ2v) is 9.38. The normalized spacial score (nSPS) is 36.8. The second kappa shape index (κ2) is 7.57. The van der Waals surface area contributed by atoms with Gasteiger partial charge in [0.1, 0.15) is 11.1 Å². The minimum atomic E-state index is -4.46. The summed E-state index contributed by atoms with van der Waals surface area (Å²) in [6.45, 7) is 2.17. The molecule has 3 fully saturated rings. The van der Waals surface area contributed by atoms with Crippen LogP contribution >= 0.6 is 0 Å². The second-order valence-electron chi connectivity index (χ2n) is 9.38. The average molecular weight is 416 g/mol. The smallest absolute Gasteiger partial charge is 0.262 e. The Hall–Kier alpha value is -2.05. The summed E-state index contributed by atoms with van der Waals surface area (Å²) in [6, 6.07) is 10.8. The first-order valence-electron chi connectivity index (χ1n) is 11.1. The third-order valence-electron chi connectivity index (χ3n) is 8.14. The lowest BCUT2D eigenvalue weighted by Gasteiger charge is -2.64. The molecule has 0 spiro atoms. The fraction of sp³-hybridized carbons (Fsp3) is 0.667. The van der Waals surface area contributed by atoms with Gasteiger partial charge in [-0.1, -0.05) is 50.8 Å². The monoisotopic (exact) mass is 415 g/mol. The first-order chi connectivity index (χ1) is 14.3. The molecule has 0 amide bonds. The molecule has 1 heterocycles. The number of fused-ring (bicyclic) bond motifs is 2. The largest absolute Gasteiger partial charge is 0.416 e. The van der Waals surface area contributed by atoms with E-state index in [-0.39, 0.29) is 29.9 Å². The molecule has 30 heavy (non-hydrogen) atoms. The van der Waals surface area contributed by atoms with E-state index in [4.69, 9.17) is 0 Å². The molecule has 1 saturated heterocycles. The molecule has 0 radical (unpaired) electrons. The van der Waals surface area contributed by atoms with Gasteiger partial charge in [-0.15, -0.1) is 0 Å². The molecule has 1 unspecified atom stereocenters. The molecule has 1 aromatic rings. The van der Waals surface area contributed by atoms with Crippen LogP contribution in [0.3, 0.4) is 0 Å². The van der Waals surface area contributed by atoms with E-state index in [1.54, 1.807) is 6.07 Å². The lowest BCUT2D eigenvalue weighted by molar-refractivity contribution is -0.151. The number of hydrogen-bond acceptors (Lipinski definition) is 3. The first-order valence-corrected chi connectivity index (χ1v) is 11.1. The number of alkyl halides is 3. The fourth-order valence-corrected chi connectivity index (χ4v) is 6.85. The van der Waals surface area contributed by atoms with Crippen LogP contribution in [0.25, 0.3) is 0 Å². The molecule has 3 aliphatic rings. The maximum Gasteiger partial charge on any atom is 0.416 e. The maximum atomic E-state index is 13.7. The SMILES string of the molecule is CC1[C@H]2CCCC[C@]2(C#N)N(Cc2ccccc2C(F)(F)F)[C@@]2(C#N)CCCC[C@@H]12. The van der Waals surface area contributed by atoms with Crippen molar-refractivity contribution in [2.75, 3.05) is 0 Å². The van der Waals surface area contributed by atoms with Gasteiger partial charge in [0.05, 0.1) is 17.7 Å². The fourth-order valence-electron chi connectivity index (χ4n) is 6.85. The summed E-state index contributed by atoms with van der Waals surface area (Å²) in [5.41, 5.74) is -2.25. The van der Waals surface area contributed by atoms with Crippen molar-refractivity contribution in [3.8, 4) is 12.1 Å². The highest BCUT2D eigenvalue weighted by atomic mass is 19.4. The van der Waals surface area contributed by atoms with Crippen LogP contribution in [0.15, 0.2) is 24.3 Å². The molecule has 0 bridgehead atoms. The van der Waals surface area contributed by atoms with Crippen molar-refractivity contribution in [3.05, 3.63) is 35.4 Å². The molecule has 4 rings (SSSR count). The first kappa shape index (κ1) is 21.2. The summed E-state index contributed by atoms with van der Waals surface area (Å²) in [5.74, 6) is 0.414. The van der Waals surface area contributed by atoms with E-state index >= 15 is 0 Å². The van der Waals surface area contributed by atoms with Crippen molar-refractivity contribution < 1.29 is 13.2 Å². The topological polar surface area (TPSA) is 50.8 Å². The standard InChI is InChI=1S/C24H28F3N3/c1-17-19-9-4-6-12-22(19,15-28)30(23(16-29)13-7-5-10-20(17)23)14-18-8-2-3-11-21(18)24(25,26)27/h2-3,8,11,17,19-20H,4-7,9-10,12-14H2,1H3/t17?,19-,20+,22-,23-/m1/s1. The summed E-state index contributed by atoms with van der Waals surface area (Å²) >= 11 is 0. The summed E-state index contributed by atoms with van der Waals surface area (Å²) < 4.78 is 41.2. The molecular weight excluding hydrogens is 387 g/mol. The van der Waals surface area contributed by atoms with Crippen molar-refractivity contribution in [2.24, 2.45) is 17.8 Å². The molecule has 2 aliphatic carbocycles. The number of nitriles is 2. The van der Waals surface area contributed by atoms with Crippen molar-refractivity contribution >= 4 is 0 Å². The Balaban J connectivity index is 1.88. The van der Waals surface area contributed by atoms with Gasteiger partial charge in [0, 0.05) is 6.54 Å². The summed E-state index contributed by atoms with van der Waals surface area (Å²) in [7, 11) is 0. The van der Waals surface area contributed by atoms with Gasteiger partial charge in [-0.25, -0.2) is 0 Å². The van der Waals surface area contributed by atoms with Gasteiger partial charge in [-0.3, -0.25) is 4.90 Å². The number of likely N-dealkylation sites (tertiary alicyclic amines) is 1. The minimum absolute atomic E-state index is 0.00345. The molecule has 3 nitrogen and oxygen atoms in total. The van der Waals surface area contributed by atoms with Gasteiger partial charge < -0.3 is 0 Å². The van der Waals surface area contributed by atoms with Gasteiger partial charge in [0.15, 0.2) is 0 Å². The highest BCUT2D eigenvalue weighted by Crippen LogP contribution is 2.58. The van der Waals surface area contributed by atoms with Crippen LogP contribution in [-0.2, 0) is 12.7 Å². The Labute approximate surface area is 176 Å². The van der Waals surface area contributed by atoms with Crippen LogP contribution in [0.2, 0.25) is 0 Å². The lowest BCUT2D eigenvalue weighted by atomic mass is 9.52.